The van der Waals surface area contributed by atoms with Gasteiger partial charge in [0, 0.05) is 19.0 Å². The Morgan fingerprint density at radius 1 is 1.23 bits per heavy atom. The smallest absolute Gasteiger partial charge is 0.218 e. The molecule has 1 aliphatic rings. The summed E-state index contributed by atoms with van der Waals surface area (Å²) in [4.78, 5) is 8.63. The minimum Gasteiger partial charge on any atom is -0.478 e. The van der Waals surface area contributed by atoms with Gasteiger partial charge in [-0.25, -0.2) is 4.98 Å². The van der Waals surface area contributed by atoms with Crippen molar-refractivity contribution in [1.82, 2.24) is 24.7 Å². The van der Waals surface area contributed by atoms with Gasteiger partial charge in [0.05, 0.1) is 13.2 Å². The summed E-state index contributed by atoms with van der Waals surface area (Å²) >= 11 is 0. The first-order valence-corrected chi connectivity index (χ1v) is 7.89. The van der Waals surface area contributed by atoms with Crippen LogP contribution >= 0.6 is 0 Å². The molecule has 0 aliphatic carbocycles. The Bertz CT molecular complexity index is 639. The van der Waals surface area contributed by atoms with Gasteiger partial charge < -0.3 is 14.6 Å². The number of anilines is 1. The van der Waals surface area contributed by atoms with Crippen LogP contribution in [-0.2, 0) is 19.5 Å². The fourth-order valence-corrected chi connectivity index (χ4v) is 2.70. The van der Waals surface area contributed by atoms with Crippen LogP contribution in [0.3, 0.4) is 0 Å². The molecule has 0 amide bonds. The van der Waals surface area contributed by atoms with Gasteiger partial charge in [-0.2, -0.15) is 4.98 Å². The number of nitrogens with zero attached hydrogens (tertiary/aromatic N) is 5. The molecule has 7 heteroatoms. The molecule has 0 saturated heterocycles. The zero-order chi connectivity index (χ0) is 15.4. The summed E-state index contributed by atoms with van der Waals surface area (Å²) in [5.74, 6) is 4.10. The van der Waals surface area contributed by atoms with Gasteiger partial charge in [0.2, 0.25) is 5.88 Å². The summed E-state index contributed by atoms with van der Waals surface area (Å²) in [5.41, 5.74) is 0. The van der Waals surface area contributed by atoms with Gasteiger partial charge in [0.25, 0.3) is 0 Å². The zero-order valence-corrected chi connectivity index (χ0v) is 13.2. The molecule has 2 aromatic rings. The summed E-state index contributed by atoms with van der Waals surface area (Å²) < 4.78 is 7.68. The van der Waals surface area contributed by atoms with Crippen LogP contribution in [0, 0.1) is 6.92 Å². The molecule has 0 saturated carbocycles. The lowest BCUT2D eigenvalue weighted by Crippen LogP contribution is -2.11. The highest BCUT2D eigenvalue weighted by Gasteiger charge is 2.14. The summed E-state index contributed by atoms with van der Waals surface area (Å²) in [6, 6.07) is 1.82. The van der Waals surface area contributed by atoms with E-state index in [1.807, 2.05) is 19.9 Å². The van der Waals surface area contributed by atoms with E-state index >= 15 is 0 Å². The van der Waals surface area contributed by atoms with Crippen LogP contribution in [0.5, 0.6) is 5.88 Å². The first kappa shape index (κ1) is 14.7. The standard InChI is InChI=1S/C15H22N6O/c1-3-22-15-9-12(17-11(2)18-15)16-10-14-20-19-13-7-5-4-6-8-21(13)14/h9H,3-8,10H2,1-2H3,(H,16,17,18). The molecule has 3 heterocycles. The van der Waals surface area contributed by atoms with E-state index in [2.05, 4.69) is 30.0 Å². The third kappa shape index (κ3) is 3.35. The van der Waals surface area contributed by atoms with E-state index < -0.39 is 0 Å². The Labute approximate surface area is 130 Å². The predicted octanol–water partition coefficient (Wildman–Crippen LogP) is 2.11. The van der Waals surface area contributed by atoms with E-state index in [-0.39, 0.29) is 0 Å². The van der Waals surface area contributed by atoms with E-state index in [4.69, 9.17) is 4.74 Å². The lowest BCUT2D eigenvalue weighted by Gasteiger charge is -2.10. The highest BCUT2D eigenvalue weighted by Crippen LogP contribution is 2.17. The van der Waals surface area contributed by atoms with Gasteiger partial charge in [-0.15, -0.1) is 10.2 Å². The van der Waals surface area contributed by atoms with Crippen LogP contribution in [0.1, 0.15) is 43.7 Å². The Hall–Kier alpha value is -2.18. The Morgan fingerprint density at radius 2 is 2.14 bits per heavy atom. The summed E-state index contributed by atoms with van der Waals surface area (Å²) in [5, 5.41) is 11.9. The van der Waals surface area contributed by atoms with E-state index in [1.165, 1.54) is 19.3 Å². The fraction of sp³-hybridized carbons (Fsp3) is 0.600. The second-order valence-electron chi connectivity index (χ2n) is 5.42. The van der Waals surface area contributed by atoms with Crippen molar-refractivity contribution in [3.05, 3.63) is 23.5 Å². The summed E-state index contributed by atoms with van der Waals surface area (Å²) in [7, 11) is 0. The topological polar surface area (TPSA) is 77.8 Å². The number of aryl methyl sites for hydroxylation is 2. The van der Waals surface area contributed by atoms with Crippen molar-refractivity contribution in [1.29, 1.82) is 0 Å². The van der Waals surface area contributed by atoms with Crippen LogP contribution < -0.4 is 10.1 Å². The molecule has 0 aromatic carbocycles. The molecular formula is C15H22N6O. The van der Waals surface area contributed by atoms with Crippen molar-refractivity contribution in [2.75, 3.05) is 11.9 Å². The molecular weight excluding hydrogens is 280 g/mol. The fourth-order valence-electron chi connectivity index (χ4n) is 2.70. The van der Waals surface area contributed by atoms with Crippen LogP contribution in [0.25, 0.3) is 0 Å². The number of ether oxygens (including phenoxy) is 1. The maximum atomic E-state index is 5.45. The SMILES string of the molecule is CCOc1cc(NCc2nnc3n2CCCCC3)nc(C)n1. The molecule has 2 aromatic heterocycles. The molecule has 1 aliphatic heterocycles. The van der Waals surface area contributed by atoms with Crippen LogP contribution in [-0.4, -0.2) is 31.3 Å². The maximum Gasteiger partial charge on any atom is 0.218 e. The molecule has 0 spiro atoms. The molecule has 118 valence electrons. The van der Waals surface area contributed by atoms with Gasteiger partial charge in [-0.3, -0.25) is 0 Å². The predicted molar refractivity (Wildman–Crippen MR) is 82.8 cm³/mol. The Balaban J connectivity index is 1.71. The number of fused-ring (bicyclic) bond motifs is 1. The Morgan fingerprint density at radius 3 is 3.00 bits per heavy atom. The van der Waals surface area contributed by atoms with E-state index in [0.717, 1.165) is 30.4 Å². The monoisotopic (exact) mass is 302 g/mol. The van der Waals surface area contributed by atoms with Crippen molar-refractivity contribution < 1.29 is 4.74 Å². The minimum absolute atomic E-state index is 0.591. The molecule has 0 unspecified atom stereocenters. The lowest BCUT2D eigenvalue weighted by molar-refractivity contribution is 0.325. The summed E-state index contributed by atoms with van der Waals surface area (Å²) in [6.45, 7) is 6.00. The molecule has 0 fully saturated rings. The average molecular weight is 302 g/mol. The first-order chi connectivity index (χ1) is 10.8. The third-order valence-corrected chi connectivity index (χ3v) is 3.72. The zero-order valence-electron chi connectivity index (χ0n) is 13.2. The van der Waals surface area contributed by atoms with Gasteiger partial charge in [0.1, 0.15) is 17.5 Å². The van der Waals surface area contributed by atoms with E-state index in [0.29, 0.717) is 24.9 Å². The average Bonchev–Trinajstić information content (AvgIpc) is 2.72. The molecule has 1 N–H and O–H groups in total. The van der Waals surface area contributed by atoms with Crippen molar-refractivity contribution in [2.45, 2.75) is 52.6 Å². The normalized spacial score (nSPS) is 14.3. The quantitative estimate of drug-likeness (QED) is 0.911. The van der Waals surface area contributed by atoms with Crippen LogP contribution in [0.4, 0.5) is 5.82 Å². The molecule has 0 radical (unpaired) electrons. The van der Waals surface area contributed by atoms with Crippen molar-refractivity contribution in [3.63, 3.8) is 0 Å². The largest absolute Gasteiger partial charge is 0.478 e. The molecule has 0 bridgehead atoms. The van der Waals surface area contributed by atoms with Gasteiger partial charge in [0.15, 0.2) is 5.82 Å². The number of hydrogen-bond donors (Lipinski definition) is 1. The van der Waals surface area contributed by atoms with Crippen LogP contribution in [0.2, 0.25) is 0 Å². The third-order valence-electron chi connectivity index (χ3n) is 3.72. The second kappa shape index (κ2) is 6.72. The Kier molecular flexibility index (Phi) is 4.50. The van der Waals surface area contributed by atoms with E-state index in [9.17, 15) is 0 Å². The van der Waals surface area contributed by atoms with Crippen molar-refractivity contribution >= 4 is 5.82 Å². The maximum absolute atomic E-state index is 5.45. The minimum atomic E-state index is 0.591. The molecule has 22 heavy (non-hydrogen) atoms. The van der Waals surface area contributed by atoms with Gasteiger partial charge >= 0.3 is 0 Å². The van der Waals surface area contributed by atoms with Crippen molar-refractivity contribution in [3.8, 4) is 5.88 Å². The van der Waals surface area contributed by atoms with Gasteiger partial charge in [-0.1, -0.05) is 6.42 Å². The highest BCUT2D eigenvalue weighted by molar-refractivity contribution is 5.38. The number of nitrogens with one attached hydrogen (secondary N) is 1. The van der Waals surface area contributed by atoms with Crippen molar-refractivity contribution in [2.24, 2.45) is 0 Å². The van der Waals surface area contributed by atoms with Gasteiger partial charge in [-0.05, 0) is 26.7 Å². The van der Waals surface area contributed by atoms with E-state index in [1.54, 1.807) is 0 Å². The second-order valence-corrected chi connectivity index (χ2v) is 5.42. The first-order valence-electron chi connectivity index (χ1n) is 7.89. The molecule has 0 atom stereocenters. The number of aromatic nitrogens is 5. The molecule has 7 nitrogen and oxygen atoms in total. The number of hydrogen-bond acceptors (Lipinski definition) is 6. The molecule has 3 rings (SSSR count). The lowest BCUT2D eigenvalue weighted by atomic mass is 10.2. The van der Waals surface area contributed by atoms with Crippen LogP contribution in [0.15, 0.2) is 6.07 Å². The highest BCUT2D eigenvalue weighted by atomic mass is 16.5. The summed E-state index contributed by atoms with van der Waals surface area (Å²) in [6.07, 6.45) is 4.68. The number of rotatable bonds is 5.